The lowest BCUT2D eigenvalue weighted by molar-refractivity contribution is -0.253. The van der Waals surface area contributed by atoms with Gasteiger partial charge in [-0.05, 0) is 33.4 Å². The average molecular weight is 418 g/mol. The molecule has 2 fully saturated rings. The van der Waals surface area contributed by atoms with Gasteiger partial charge < -0.3 is 46.3 Å². The highest BCUT2D eigenvalue weighted by Crippen LogP contribution is 2.28. The van der Waals surface area contributed by atoms with Crippen molar-refractivity contribution in [2.45, 2.75) is 68.1 Å². The third-order valence-corrected chi connectivity index (χ3v) is 5.54. The summed E-state index contributed by atoms with van der Waals surface area (Å²) in [5.41, 5.74) is 6.28. The van der Waals surface area contributed by atoms with Crippen LogP contribution in [0.1, 0.15) is 19.3 Å². The van der Waals surface area contributed by atoms with Crippen LogP contribution in [0.2, 0.25) is 0 Å². The first kappa shape index (κ1) is 23.9. The van der Waals surface area contributed by atoms with E-state index in [2.05, 4.69) is 21.3 Å². The number of aliphatic hydroxyl groups excluding tert-OH is 1. The van der Waals surface area contributed by atoms with E-state index in [1.807, 2.05) is 7.05 Å². The molecule has 11 nitrogen and oxygen atoms in total. The van der Waals surface area contributed by atoms with Crippen LogP contribution in [-0.4, -0.2) is 101 Å². The number of nitrogens with one attached hydrogen (secondary N) is 4. The Morgan fingerprint density at radius 1 is 1.34 bits per heavy atom. The molecular formula is C18H35N5O6. The Morgan fingerprint density at radius 3 is 2.72 bits per heavy atom. The molecule has 0 aromatic carbocycles. The molecule has 1 aliphatic carbocycles. The van der Waals surface area contributed by atoms with Gasteiger partial charge in [0, 0.05) is 19.7 Å². The molecule has 0 aromatic heterocycles. The minimum atomic E-state index is -0.907. The molecule has 8 atom stereocenters. The highest BCUT2D eigenvalue weighted by atomic mass is 16.7. The number of amides is 2. The number of nitrogens with two attached hydrogens (primary N) is 1. The van der Waals surface area contributed by atoms with E-state index in [4.69, 9.17) is 19.9 Å². The van der Waals surface area contributed by atoms with E-state index >= 15 is 0 Å². The Hall–Kier alpha value is -1.34. The molecule has 1 saturated carbocycles. The van der Waals surface area contributed by atoms with Crippen molar-refractivity contribution >= 4 is 12.3 Å². The summed E-state index contributed by atoms with van der Waals surface area (Å²) in [7, 11) is 5.17. The van der Waals surface area contributed by atoms with Gasteiger partial charge in [-0.1, -0.05) is 0 Å². The first-order valence-electron chi connectivity index (χ1n) is 10.0. The van der Waals surface area contributed by atoms with Gasteiger partial charge in [0.05, 0.1) is 36.9 Å². The monoisotopic (exact) mass is 417 g/mol. The van der Waals surface area contributed by atoms with E-state index in [-0.39, 0.29) is 30.7 Å². The molecule has 2 amide bonds. The Labute approximate surface area is 171 Å². The predicted molar refractivity (Wildman–Crippen MR) is 105 cm³/mol. The van der Waals surface area contributed by atoms with Gasteiger partial charge in [-0.25, -0.2) is 0 Å². The zero-order valence-electron chi connectivity index (χ0n) is 17.3. The summed E-state index contributed by atoms with van der Waals surface area (Å²) in [5, 5.41) is 22.1. The molecule has 1 saturated heterocycles. The molecule has 0 radical (unpaired) electrons. The molecule has 0 unspecified atom stereocenters. The summed E-state index contributed by atoms with van der Waals surface area (Å²) in [6.45, 7) is 0.507. The van der Waals surface area contributed by atoms with Crippen molar-refractivity contribution in [3.63, 3.8) is 0 Å². The molecule has 2 rings (SSSR count). The molecule has 1 heterocycles. The normalized spacial score (nSPS) is 37.7. The Kier molecular flexibility index (Phi) is 9.69. The Balaban J connectivity index is 2.09. The van der Waals surface area contributed by atoms with Crippen molar-refractivity contribution in [2.75, 3.05) is 34.3 Å². The lowest BCUT2D eigenvalue weighted by Crippen LogP contribution is -2.65. The zero-order valence-corrected chi connectivity index (χ0v) is 17.3. The van der Waals surface area contributed by atoms with Crippen LogP contribution in [0.3, 0.4) is 0 Å². The lowest BCUT2D eigenvalue weighted by Gasteiger charge is -2.46. The van der Waals surface area contributed by atoms with E-state index in [1.54, 1.807) is 14.2 Å². The summed E-state index contributed by atoms with van der Waals surface area (Å²) in [4.78, 5) is 22.5. The third-order valence-electron chi connectivity index (χ3n) is 5.54. The summed E-state index contributed by atoms with van der Waals surface area (Å²) >= 11 is 0. The minimum absolute atomic E-state index is 0.0879. The maximum Gasteiger partial charge on any atom is 0.239 e. The van der Waals surface area contributed by atoms with Gasteiger partial charge in [0.25, 0.3) is 0 Å². The quantitative estimate of drug-likeness (QED) is 0.204. The number of likely N-dealkylation sites (N-methyl/N-ethyl adjacent to an activating group) is 2. The van der Waals surface area contributed by atoms with Crippen LogP contribution in [0.4, 0.5) is 0 Å². The van der Waals surface area contributed by atoms with Crippen LogP contribution >= 0.6 is 0 Å². The van der Waals surface area contributed by atoms with Gasteiger partial charge in [-0.2, -0.15) is 0 Å². The van der Waals surface area contributed by atoms with Gasteiger partial charge in [0.2, 0.25) is 12.3 Å². The molecule has 29 heavy (non-hydrogen) atoms. The van der Waals surface area contributed by atoms with Crippen LogP contribution < -0.4 is 27.0 Å². The van der Waals surface area contributed by atoms with E-state index in [9.17, 15) is 14.7 Å². The fourth-order valence-corrected chi connectivity index (χ4v) is 4.05. The van der Waals surface area contributed by atoms with E-state index < -0.39 is 30.6 Å². The Bertz CT molecular complexity index is 527. The second kappa shape index (κ2) is 11.7. The van der Waals surface area contributed by atoms with Crippen molar-refractivity contribution < 1.29 is 28.9 Å². The molecule has 11 heteroatoms. The maximum atomic E-state index is 12.1. The van der Waals surface area contributed by atoms with Gasteiger partial charge in [0.15, 0.2) is 6.29 Å². The summed E-state index contributed by atoms with van der Waals surface area (Å²) in [6.07, 6.45) is -0.348. The molecule has 168 valence electrons. The first-order chi connectivity index (χ1) is 13.9. The van der Waals surface area contributed by atoms with Gasteiger partial charge in [-0.15, -0.1) is 0 Å². The van der Waals surface area contributed by atoms with Crippen LogP contribution in [0.5, 0.6) is 0 Å². The number of methoxy groups -OCH3 is 1. The standard InChI is InChI=1S/C18H35N5O6/c1-20-7-10-4-5-12(23-14(25)8-22-9-24)18(28-10)29-17-11(19)6-13(27-3)15(21-2)16(17)26/h9-13,15-18,20-21,26H,4-8,19H2,1-3H3,(H,22,24)(H,23,25)/t10-,11-,12+,13+,15-,16+,17+,18-/m0/s1. The van der Waals surface area contributed by atoms with E-state index in [0.717, 1.165) is 6.42 Å². The van der Waals surface area contributed by atoms with E-state index in [0.29, 0.717) is 25.8 Å². The first-order valence-corrected chi connectivity index (χ1v) is 10.0. The fourth-order valence-electron chi connectivity index (χ4n) is 4.05. The summed E-state index contributed by atoms with van der Waals surface area (Å²) in [6, 6.07) is -1.22. The SMILES string of the molecule is CNC[C@@H]1CC[C@@H](NC(=O)CNC=O)[C@H](O[C@H]2[C@H](O)[C@@H](NC)[C@H](OC)C[C@@H]2N)O1. The largest absolute Gasteiger partial charge is 0.389 e. The summed E-state index contributed by atoms with van der Waals surface area (Å²) < 4.78 is 17.7. The highest BCUT2D eigenvalue weighted by Gasteiger charge is 2.46. The number of hydrogen-bond donors (Lipinski definition) is 6. The van der Waals surface area contributed by atoms with Crippen molar-refractivity contribution in [1.29, 1.82) is 0 Å². The summed E-state index contributed by atoms with van der Waals surface area (Å²) in [5.74, 6) is -0.340. The van der Waals surface area contributed by atoms with Crippen LogP contribution in [0, 0.1) is 0 Å². The van der Waals surface area contributed by atoms with E-state index in [1.165, 1.54) is 0 Å². The number of carbonyl (C=O) groups excluding carboxylic acids is 2. The lowest BCUT2D eigenvalue weighted by atomic mass is 9.84. The highest BCUT2D eigenvalue weighted by molar-refractivity contribution is 5.80. The average Bonchev–Trinajstić information content (AvgIpc) is 2.71. The number of hydrogen-bond acceptors (Lipinski definition) is 9. The van der Waals surface area contributed by atoms with Gasteiger partial charge >= 0.3 is 0 Å². The van der Waals surface area contributed by atoms with Crippen molar-refractivity contribution in [1.82, 2.24) is 21.3 Å². The van der Waals surface area contributed by atoms with Crippen LogP contribution in [0.25, 0.3) is 0 Å². The van der Waals surface area contributed by atoms with Crippen molar-refractivity contribution in [2.24, 2.45) is 5.73 Å². The van der Waals surface area contributed by atoms with Gasteiger partial charge in [-0.3, -0.25) is 9.59 Å². The van der Waals surface area contributed by atoms with Crippen LogP contribution in [0.15, 0.2) is 0 Å². The molecular weight excluding hydrogens is 382 g/mol. The Morgan fingerprint density at radius 2 is 2.10 bits per heavy atom. The second-order valence-corrected chi connectivity index (χ2v) is 7.51. The third kappa shape index (κ3) is 6.32. The molecule has 0 spiro atoms. The topological polar surface area (TPSA) is 156 Å². The molecule has 0 bridgehead atoms. The molecule has 1 aliphatic heterocycles. The number of carbonyl (C=O) groups is 2. The van der Waals surface area contributed by atoms with Gasteiger partial charge in [0.1, 0.15) is 6.10 Å². The number of aliphatic hydroxyl groups is 1. The fraction of sp³-hybridized carbons (Fsp3) is 0.889. The molecule has 7 N–H and O–H groups in total. The molecule has 0 aromatic rings. The zero-order chi connectivity index (χ0) is 21.4. The maximum absolute atomic E-state index is 12.1. The van der Waals surface area contributed by atoms with Crippen molar-refractivity contribution in [3.8, 4) is 0 Å². The number of ether oxygens (including phenoxy) is 3. The smallest absolute Gasteiger partial charge is 0.239 e. The second-order valence-electron chi connectivity index (χ2n) is 7.51. The predicted octanol–water partition coefficient (Wildman–Crippen LogP) is -2.98. The minimum Gasteiger partial charge on any atom is -0.389 e. The number of rotatable bonds is 10. The van der Waals surface area contributed by atoms with Crippen molar-refractivity contribution in [3.05, 3.63) is 0 Å². The molecule has 2 aliphatic rings. The van der Waals surface area contributed by atoms with Crippen LogP contribution in [-0.2, 0) is 23.8 Å².